The van der Waals surface area contributed by atoms with Crippen LogP contribution >= 0.6 is 11.8 Å². The quantitative estimate of drug-likeness (QED) is 0.552. The first-order chi connectivity index (χ1) is 11.7. The smallest absolute Gasteiger partial charge is 0.230 e. The second kappa shape index (κ2) is 7.27. The molecule has 24 heavy (non-hydrogen) atoms. The molecule has 2 aromatic heterocycles. The Bertz CT molecular complexity index is 872. The van der Waals surface area contributed by atoms with Gasteiger partial charge in [-0.05, 0) is 19.1 Å². The monoisotopic (exact) mass is 339 g/mol. The maximum atomic E-state index is 11.7. The molecule has 0 atom stereocenters. The molecule has 1 N–H and O–H groups in total. The topological polar surface area (TPSA) is 72.2 Å². The molecule has 0 radical (unpaired) electrons. The van der Waals surface area contributed by atoms with Crippen LogP contribution in [-0.4, -0.2) is 38.0 Å². The molecule has 0 saturated heterocycles. The van der Waals surface area contributed by atoms with E-state index in [1.165, 1.54) is 17.3 Å². The number of thioether (sulfide) groups is 1. The van der Waals surface area contributed by atoms with Gasteiger partial charge in [-0.3, -0.25) is 4.79 Å². The van der Waals surface area contributed by atoms with E-state index in [1.807, 2.05) is 43.3 Å². The number of hydrogen-bond donors (Lipinski definition) is 1. The summed E-state index contributed by atoms with van der Waals surface area (Å²) in [6.07, 6.45) is 1.64. The number of hydrogen-bond acceptors (Lipinski definition) is 5. The van der Waals surface area contributed by atoms with Crippen LogP contribution < -0.4 is 5.32 Å². The summed E-state index contributed by atoms with van der Waals surface area (Å²) in [5.41, 5.74) is 3.71. The predicted molar refractivity (Wildman–Crippen MR) is 94.9 cm³/mol. The van der Waals surface area contributed by atoms with Crippen LogP contribution in [0.3, 0.4) is 0 Å². The minimum atomic E-state index is -0.0775. The van der Waals surface area contributed by atoms with E-state index in [-0.39, 0.29) is 11.7 Å². The van der Waals surface area contributed by atoms with Crippen molar-refractivity contribution in [1.82, 2.24) is 25.1 Å². The molecule has 0 unspecified atom stereocenters. The molecule has 0 fully saturated rings. The zero-order valence-corrected chi connectivity index (χ0v) is 14.1. The molecule has 0 aliphatic heterocycles. The lowest BCUT2D eigenvalue weighted by Gasteiger charge is -2.04. The SMILES string of the molecule is C=CCNC(=O)CSc1nnc2ccc(-c3ccc(C)cc3)nn12. The molecule has 3 aromatic rings. The highest BCUT2D eigenvalue weighted by molar-refractivity contribution is 7.99. The first-order valence-electron chi connectivity index (χ1n) is 7.47. The predicted octanol–water partition coefficient (Wildman–Crippen LogP) is 2.49. The van der Waals surface area contributed by atoms with Gasteiger partial charge in [0, 0.05) is 12.1 Å². The fourth-order valence-corrected chi connectivity index (χ4v) is 2.82. The molecule has 0 spiro atoms. The van der Waals surface area contributed by atoms with Crippen LogP contribution in [0.2, 0.25) is 0 Å². The highest BCUT2D eigenvalue weighted by Crippen LogP contribution is 2.20. The van der Waals surface area contributed by atoms with Crippen molar-refractivity contribution in [3.8, 4) is 11.3 Å². The Balaban J connectivity index is 1.82. The number of nitrogens with zero attached hydrogens (tertiary/aromatic N) is 4. The third-order valence-corrected chi connectivity index (χ3v) is 4.28. The second-order valence-corrected chi connectivity index (χ2v) is 6.16. The van der Waals surface area contributed by atoms with E-state index in [1.54, 1.807) is 10.6 Å². The molecule has 0 saturated carbocycles. The van der Waals surface area contributed by atoms with Crippen LogP contribution in [0.25, 0.3) is 16.9 Å². The number of rotatable bonds is 6. The molecule has 1 amide bonds. The molecular weight excluding hydrogens is 322 g/mol. The molecule has 0 aliphatic rings. The largest absolute Gasteiger partial charge is 0.352 e. The Morgan fingerprint density at radius 2 is 2.04 bits per heavy atom. The third kappa shape index (κ3) is 3.62. The number of benzene rings is 1. The Labute approximate surface area is 144 Å². The fourth-order valence-electron chi connectivity index (χ4n) is 2.10. The van der Waals surface area contributed by atoms with E-state index in [2.05, 4.69) is 27.2 Å². The first kappa shape index (κ1) is 16.2. The van der Waals surface area contributed by atoms with Gasteiger partial charge in [0.1, 0.15) is 0 Å². The van der Waals surface area contributed by atoms with Gasteiger partial charge in [0.05, 0.1) is 11.4 Å². The Morgan fingerprint density at radius 3 is 2.79 bits per heavy atom. The van der Waals surface area contributed by atoms with Crippen molar-refractivity contribution in [2.45, 2.75) is 12.1 Å². The highest BCUT2D eigenvalue weighted by Gasteiger charge is 2.11. The minimum Gasteiger partial charge on any atom is -0.352 e. The van der Waals surface area contributed by atoms with Crippen LogP contribution in [0.15, 0.2) is 54.2 Å². The van der Waals surface area contributed by atoms with Crippen LogP contribution in [0.4, 0.5) is 0 Å². The lowest BCUT2D eigenvalue weighted by atomic mass is 10.1. The van der Waals surface area contributed by atoms with Gasteiger partial charge in [-0.1, -0.05) is 47.7 Å². The van der Waals surface area contributed by atoms with Crippen molar-refractivity contribution in [3.05, 3.63) is 54.6 Å². The van der Waals surface area contributed by atoms with Crippen molar-refractivity contribution in [3.63, 3.8) is 0 Å². The summed E-state index contributed by atoms with van der Waals surface area (Å²) >= 11 is 1.30. The van der Waals surface area contributed by atoms with Crippen molar-refractivity contribution in [1.29, 1.82) is 0 Å². The average molecular weight is 339 g/mol. The maximum absolute atomic E-state index is 11.7. The van der Waals surface area contributed by atoms with E-state index < -0.39 is 0 Å². The average Bonchev–Trinajstić information content (AvgIpc) is 3.01. The summed E-state index contributed by atoms with van der Waals surface area (Å²) in [6, 6.07) is 11.9. The summed E-state index contributed by atoms with van der Waals surface area (Å²) in [7, 11) is 0. The van der Waals surface area contributed by atoms with E-state index in [9.17, 15) is 4.79 Å². The summed E-state index contributed by atoms with van der Waals surface area (Å²) in [5.74, 6) is 0.178. The van der Waals surface area contributed by atoms with Gasteiger partial charge in [0.15, 0.2) is 5.65 Å². The van der Waals surface area contributed by atoms with E-state index in [0.29, 0.717) is 17.3 Å². The van der Waals surface area contributed by atoms with Gasteiger partial charge >= 0.3 is 0 Å². The number of aryl methyl sites for hydroxylation is 1. The van der Waals surface area contributed by atoms with Crippen molar-refractivity contribution >= 4 is 23.3 Å². The molecule has 3 rings (SSSR count). The van der Waals surface area contributed by atoms with E-state index in [4.69, 9.17) is 0 Å². The first-order valence-corrected chi connectivity index (χ1v) is 8.46. The Kier molecular flexibility index (Phi) is 4.90. The van der Waals surface area contributed by atoms with Crippen LogP contribution in [0.5, 0.6) is 0 Å². The molecule has 6 nitrogen and oxygen atoms in total. The van der Waals surface area contributed by atoms with Crippen molar-refractivity contribution < 1.29 is 4.79 Å². The summed E-state index contributed by atoms with van der Waals surface area (Å²) < 4.78 is 1.67. The summed E-state index contributed by atoms with van der Waals surface area (Å²) in [4.78, 5) is 11.7. The van der Waals surface area contributed by atoms with Gasteiger partial charge < -0.3 is 5.32 Å². The van der Waals surface area contributed by atoms with Crippen LogP contribution in [-0.2, 0) is 4.79 Å². The molecule has 0 aliphatic carbocycles. The summed E-state index contributed by atoms with van der Waals surface area (Å²) in [6.45, 7) is 6.07. The fraction of sp³-hybridized carbons (Fsp3) is 0.176. The standard InChI is InChI=1S/C17H17N5OS/c1-3-10-18-16(23)11-24-17-20-19-15-9-8-14(21-22(15)17)13-6-4-12(2)5-7-13/h3-9H,1,10-11H2,2H3,(H,18,23). The molecular formula is C17H17N5OS. The number of amides is 1. The maximum Gasteiger partial charge on any atom is 0.230 e. The second-order valence-electron chi connectivity index (χ2n) is 5.22. The Morgan fingerprint density at radius 1 is 1.25 bits per heavy atom. The van der Waals surface area contributed by atoms with Gasteiger partial charge in [-0.15, -0.1) is 16.8 Å². The number of carbonyl (C=O) groups is 1. The Hall–Kier alpha value is -2.67. The van der Waals surface area contributed by atoms with E-state index in [0.717, 1.165) is 11.3 Å². The van der Waals surface area contributed by atoms with Gasteiger partial charge in [-0.2, -0.15) is 9.61 Å². The van der Waals surface area contributed by atoms with Crippen LogP contribution in [0.1, 0.15) is 5.56 Å². The minimum absolute atomic E-state index is 0.0775. The highest BCUT2D eigenvalue weighted by atomic mass is 32.2. The molecule has 122 valence electrons. The molecule has 1 aromatic carbocycles. The van der Waals surface area contributed by atoms with Gasteiger partial charge in [0.2, 0.25) is 11.1 Å². The van der Waals surface area contributed by atoms with Gasteiger partial charge in [-0.25, -0.2) is 0 Å². The number of carbonyl (C=O) groups excluding carboxylic acids is 1. The number of aromatic nitrogens is 4. The molecule has 7 heteroatoms. The van der Waals surface area contributed by atoms with Gasteiger partial charge in [0.25, 0.3) is 0 Å². The molecule has 0 bridgehead atoms. The number of nitrogens with one attached hydrogen (secondary N) is 1. The normalized spacial score (nSPS) is 10.7. The summed E-state index contributed by atoms with van der Waals surface area (Å²) in [5, 5.41) is 16.1. The lowest BCUT2D eigenvalue weighted by molar-refractivity contribution is -0.118. The third-order valence-electron chi connectivity index (χ3n) is 3.36. The zero-order chi connectivity index (χ0) is 16.9. The van der Waals surface area contributed by atoms with Crippen LogP contribution in [0, 0.1) is 6.92 Å². The molecule has 2 heterocycles. The van der Waals surface area contributed by atoms with E-state index >= 15 is 0 Å². The van der Waals surface area contributed by atoms with Crippen molar-refractivity contribution in [2.24, 2.45) is 0 Å². The lowest BCUT2D eigenvalue weighted by Crippen LogP contribution is -2.25. The number of fused-ring (bicyclic) bond motifs is 1. The van der Waals surface area contributed by atoms with Crippen molar-refractivity contribution in [2.75, 3.05) is 12.3 Å². The zero-order valence-electron chi connectivity index (χ0n) is 13.3.